The van der Waals surface area contributed by atoms with Crippen molar-refractivity contribution in [1.29, 1.82) is 0 Å². The summed E-state index contributed by atoms with van der Waals surface area (Å²) >= 11 is 1.84. The predicted molar refractivity (Wildman–Crippen MR) is 66.9 cm³/mol. The van der Waals surface area contributed by atoms with Crippen LogP contribution in [0.3, 0.4) is 0 Å². The molecule has 0 aromatic carbocycles. The summed E-state index contributed by atoms with van der Waals surface area (Å²) in [7, 11) is 2.20. The maximum atomic E-state index is 4.84. The SMILES string of the molecule is CN1CCC(c2csc(C3CCCN3)n2)C1. The molecule has 16 heavy (non-hydrogen) atoms. The third-order valence-electron chi connectivity index (χ3n) is 3.71. The van der Waals surface area contributed by atoms with Crippen molar-refractivity contribution in [1.82, 2.24) is 15.2 Å². The Labute approximate surface area is 101 Å². The molecule has 0 aliphatic carbocycles. The first-order valence-electron chi connectivity index (χ1n) is 6.20. The standard InChI is InChI=1S/C12H19N3S/c1-15-6-4-9(7-15)11-8-16-12(14-11)10-3-2-5-13-10/h8-10,13H,2-7H2,1H3. The lowest BCUT2D eigenvalue weighted by Gasteiger charge is -2.08. The fourth-order valence-corrected chi connectivity index (χ4v) is 3.73. The van der Waals surface area contributed by atoms with E-state index in [1.807, 2.05) is 11.3 Å². The summed E-state index contributed by atoms with van der Waals surface area (Å²) in [4.78, 5) is 7.24. The summed E-state index contributed by atoms with van der Waals surface area (Å²) in [6, 6.07) is 0.540. The van der Waals surface area contributed by atoms with Gasteiger partial charge in [0.25, 0.3) is 0 Å². The third kappa shape index (κ3) is 2.01. The second-order valence-electron chi connectivity index (χ2n) is 5.01. The lowest BCUT2D eigenvalue weighted by molar-refractivity contribution is 0.411. The Kier molecular flexibility index (Phi) is 2.96. The van der Waals surface area contributed by atoms with Crippen molar-refractivity contribution in [2.75, 3.05) is 26.7 Å². The Morgan fingerprint density at radius 1 is 1.50 bits per heavy atom. The lowest BCUT2D eigenvalue weighted by Crippen LogP contribution is -2.14. The Bertz CT molecular complexity index is 357. The molecule has 2 unspecified atom stereocenters. The Hall–Kier alpha value is -0.450. The zero-order valence-electron chi connectivity index (χ0n) is 9.78. The van der Waals surface area contributed by atoms with Crippen LogP contribution in [0.15, 0.2) is 5.38 Å². The van der Waals surface area contributed by atoms with Crippen LogP contribution in [0.25, 0.3) is 0 Å². The number of likely N-dealkylation sites (N-methyl/N-ethyl adjacent to an activating group) is 1. The summed E-state index contributed by atoms with van der Waals surface area (Å²) in [5.41, 5.74) is 1.33. The van der Waals surface area contributed by atoms with E-state index in [9.17, 15) is 0 Å². The van der Waals surface area contributed by atoms with Gasteiger partial charge in [0.2, 0.25) is 0 Å². The van der Waals surface area contributed by atoms with Gasteiger partial charge in [-0.3, -0.25) is 0 Å². The first kappa shape index (κ1) is 10.7. The van der Waals surface area contributed by atoms with E-state index >= 15 is 0 Å². The van der Waals surface area contributed by atoms with Crippen molar-refractivity contribution >= 4 is 11.3 Å². The molecule has 0 saturated carbocycles. The molecule has 4 heteroatoms. The van der Waals surface area contributed by atoms with Crippen LogP contribution in [-0.2, 0) is 0 Å². The number of rotatable bonds is 2. The van der Waals surface area contributed by atoms with Crippen LogP contribution in [0.2, 0.25) is 0 Å². The van der Waals surface area contributed by atoms with Crippen LogP contribution in [0.5, 0.6) is 0 Å². The number of thiazole rings is 1. The molecule has 2 atom stereocenters. The highest BCUT2D eigenvalue weighted by Gasteiger charge is 2.25. The first-order chi connectivity index (χ1) is 7.83. The molecule has 2 saturated heterocycles. The van der Waals surface area contributed by atoms with Gasteiger partial charge in [0.05, 0.1) is 11.7 Å². The topological polar surface area (TPSA) is 28.2 Å². The van der Waals surface area contributed by atoms with Crippen LogP contribution in [0.1, 0.15) is 41.9 Å². The molecule has 3 rings (SSSR count). The van der Waals surface area contributed by atoms with Crippen molar-refractivity contribution < 1.29 is 0 Å². The fourth-order valence-electron chi connectivity index (χ4n) is 2.72. The van der Waals surface area contributed by atoms with Crippen LogP contribution in [0.4, 0.5) is 0 Å². The highest BCUT2D eigenvalue weighted by molar-refractivity contribution is 7.09. The third-order valence-corrected chi connectivity index (χ3v) is 4.68. The number of hydrogen-bond acceptors (Lipinski definition) is 4. The van der Waals surface area contributed by atoms with Gasteiger partial charge in [0.1, 0.15) is 5.01 Å². The summed E-state index contributed by atoms with van der Waals surface area (Å²) < 4.78 is 0. The zero-order chi connectivity index (χ0) is 11.0. The van der Waals surface area contributed by atoms with Gasteiger partial charge in [0, 0.05) is 17.8 Å². The predicted octanol–water partition coefficient (Wildman–Crippen LogP) is 1.99. The fraction of sp³-hybridized carbons (Fsp3) is 0.750. The Balaban J connectivity index is 1.72. The van der Waals surface area contributed by atoms with E-state index in [0.717, 1.165) is 6.54 Å². The maximum absolute atomic E-state index is 4.84. The number of aromatic nitrogens is 1. The van der Waals surface area contributed by atoms with Gasteiger partial charge in [-0.1, -0.05) is 0 Å². The monoisotopic (exact) mass is 237 g/mol. The Morgan fingerprint density at radius 3 is 3.12 bits per heavy atom. The van der Waals surface area contributed by atoms with E-state index in [1.54, 1.807) is 0 Å². The van der Waals surface area contributed by atoms with Crippen molar-refractivity contribution in [3.8, 4) is 0 Å². The van der Waals surface area contributed by atoms with Crippen molar-refractivity contribution in [3.63, 3.8) is 0 Å². The van der Waals surface area contributed by atoms with Crippen LogP contribution in [0, 0.1) is 0 Å². The van der Waals surface area contributed by atoms with E-state index in [0.29, 0.717) is 12.0 Å². The molecule has 1 aromatic heterocycles. The number of nitrogens with one attached hydrogen (secondary N) is 1. The van der Waals surface area contributed by atoms with Crippen LogP contribution < -0.4 is 5.32 Å². The van der Waals surface area contributed by atoms with Gasteiger partial charge in [-0.2, -0.15) is 0 Å². The van der Waals surface area contributed by atoms with E-state index in [1.165, 1.54) is 43.1 Å². The van der Waals surface area contributed by atoms with Crippen molar-refractivity contribution in [2.45, 2.75) is 31.2 Å². The molecule has 0 bridgehead atoms. The minimum atomic E-state index is 0.540. The van der Waals surface area contributed by atoms with E-state index < -0.39 is 0 Å². The average molecular weight is 237 g/mol. The van der Waals surface area contributed by atoms with Crippen LogP contribution in [-0.4, -0.2) is 36.6 Å². The average Bonchev–Trinajstić information content (AvgIpc) is 2.97. The smallest absolute Gasteiger partial charge is 0.110 e. The molecule has 1 N–H and O–H groups in total. The first-order valence-corrected chi connectivity index (χ1v) is 7.08. The van der Waals surface area contributed by atoms with Gasteiger partial charge in [-0.25, -0.2) is 4.98 Å². The second-order valence-corrected chi connectivity index (χ2v) is 5.90. The van der Waals surface area contributed by atoms with E-state index in [-0.39, 0.29) is 0 Å². The molecule has 3 nitrogen and oxygen atoms in total. The molecule has 88 valence electrons. The molecule has 2 aliphatic heterocycles. The van der Waals surface area contributed by atoms with Crippen molar-refractivity contribution in [3.05, 3.63) is 16.1 Å². The summed E-state index contributed by atoms with van der Waals surface area (Å²) in [6.07, 6.45) is 3.83. The minimum absolute atomic E-state index is 0.540. The molecule has 1 aromatic rings. The highest BCUT2D eigenvalue weighted by atomic mass is 32.1. The molecule has 2 fully saturated rings. The maximum Gasteiger partial charge on any atom is 0.110 e. The molecular weight excluding hydrogens is 218 g/mol. The van der Waals surface area contributed by atoms with E-state index in [2.05, 4.69) is 22.6 Å². The van der Waals surface area contributed by atoms with Gasteiger partial charge in [0.15, 0.2) is 0 Å². The summed E-state index contributed by atoms with van der Waals surface area (Å²) in [5.74, 6) is 0.677. The molecular formula is C12H19N3S. The van der Waals surface area contributed by atoms with Crippen molar-refractivity contribution in [2.24, 2.45) is 0 Å². The number of hydrogen-bond donors (Lipinski definition) is 1. The summed E-state index contributed by atoms with van der Waals surface area (Å²) in [6.45, 7) is 3.56. The highest BCUT2D eigenvalue weighted by Crippen LogP contribution is 2.31. The normalized spacial score (nSPS) is 31.3. The zero-order valence-corrected chi connectivity index (χ0v) is 10.6. The number of nitrogens with zero attached hydrogens (tertiary/aromatic N) is 2. The molecule has 0 radical (unpaired) electrons. The molecule has 2 aliphatic rings. The van der Waals surface area contributed by atoms with Crippen LogP contribution >= 0.6 is 11.3 Å². The second kappa shape index (κ2) is 4.43. The largest absolute Gasteiger partial charge is 0.308 e. The minimum Gasteiger partial charge on any atom is -0.308 e. The molecule has 3 heterocycles. The summed E-state index contributed by atoms with van der Waals surface area (Å²) in [5, 5.41) is 7.11. The van der Waals surface area contributed by atoms with E-state index in [4.69, 9.17) is 4.98 Å². The lowest BCUT2D eigenvalue weighted by atomic mass is 10.1. The van der Waals surface area contributed by atoms with Gasteiger partial charge < -0.3 is 10.2 Å². The van der Waals surface area contributed by atoms with Gasteiger partial charge in [-0.05, 0) is 39.4 Å². The van der Waals surface area contributed by atoms with Gasteiger partial charge >= 0.3 is 0 Å². The quantitative estimate of drug-likeness (QED) is 0.852. The Morgan fingerprint density at radius 2 is 2.44 bits per heavy atom. The molecule has 0 spiro atoms. The number of likely N-dealkylation sites (tertiary alicyclic amines) is 1. The van der Waals surface area contributed by atoms with Gasteiger partial charge in [-0.15, -0.1) is 11.3 Å². The molecule has 0 amide bonds.